The summed E-state index contributed by atoms with van der Waals surface area (Å²) in [7, 11) is -1.98. The van der Waals surface area contributed by atoms with E-state index in [1.54, 1.807) is 12.1 Å². The molecule has 1 aromatic carbocycles. The Morgan fingerprint density at radius 3 is 2.67 bits per heavy atom. The van der Waals surface area contributed by atoms with Crippen LogP contribution < -0.4 is 15.8 Å². The first-order valence-electron chi connectivity index (χ1n) is 12.7. The largest absolute Gasteiger partial charge is 0.476 e. The lowest BCUT2D eigenvalue weighted by Gasteiger charge is -2.18. The number of carbonyl (C=O) groups excluding carboxylic acids is 1. The van der Waals surface area contributed by atoms with Crippen LogP contribution in [0.4, 0.5) is 5.13 Å². The first-order valence-corrected chi connectivity index (χ1v) is 15.2. The Bertz CT molecular complexity index is 1440. The van der Waals surface area contributed by atoms with E-state index < -0.39 is 21.3 Å². The topological polar surface area (TPSA) is 164 Å². The summed E-state index contributed by atoms with van der Waals surface area (Å²) in [4.78, 5) is 28.5. The van der Waals surface area contributed by atoms with Gasteiger partial charge in [-0.3, -0.25) is 10.1 Å². The van der Waals surface area contributed by atoms with Gasteiger partial charge in [0, 0.05) is 37.3 Å². The van der Waals surface area contributed by atoms with Crippen LogP contribution in [-0.4, -0.2) is 80.9 Å². The summed E-state index contributed by atoms with van der Waals surface area (Å²) in [5.74, 6) is -0.219. The number of sulfone groups is 1. The van der Waals surface area contributed by atoms with Crippen LogP contribution in [0.1, 0.15) is 32.3 Å². The third-order valence-corrected chi connectivity index (χ3v) is 8.38. The molecule has 12 nitrogen and oxygen atoms in total. The molecule has 40 heavy (non-hydrogen) atoms. The highest BCUT2D eigenvalue weighted by Crippen LogP contribution is 2.27. The van der Waals surface area contributed by atoms with Gasteiger partial charge in [0.05, 0.1) is 23.9 Å². The van der Waals surface area contributed by atoms with E-state index >= 15 is 0 Å². The monoisotopic (exact) mass is 591 g/mol. The van der Waals surface area contributed by atoms with Gasteiger partial charge in [-0.05, 0) is 38.5 Å². The number of pyridine rings is 1. The molecule has 3 N–H and O–H groups in total. The third-order valence-electron chi connectivity index (χ3n) is 5.69. The third kappa shape index (κ3) is 8.17. The van der Waals surface area contributed by atoms with Crippen LogP contribution in [0, 0.1) is 0 Å². The number of anilines is 1. The van der Waals surface area contributed by atoms with Crippen molar-refractivity contribution in [3.8, 4) is 5.88 Å². The molecule has 3 aromatic rings. The van der Waals surface area contributed by atoms with Crippen molar-refractivity contribution in [1.82, 2.24) is 9.97 Å². The average Bonchev–Trinajstić information content (AvgIpc) is 3.57. The molecule has 1 aliphatic heterocycles. The number of ether oxygens (including phenoxy) is 3. The Morgan fingerprint density at radius 1 is 1.23 bits per heavy atom. The maximum absolute atomic E-state index is 13.4. The van der Waals surface area contributed by atoms with Gasteiger partial charge in [0.1, 0.15) is 17.0 Å². The van der Waals surface area contributed by atoms with Crippen LogP contribution in [-0.2, 0) is 28.9 Å². The van der Waals surface area contributed by atoms with E-state index in [1.165, 1.54) is 42.7 Å². The van der Waals surface area contributed by atoms with Gasteiger partial charge in [-0.25, -0.2) is 18.4 Å². The molecule has 1 saturated heterocycles. The van der Waals surface area contributed by atoms with Gasteiger partial charge in [0.25, 0.3) is 5.91 Å². The number of nitrogens with zero attached hydrogens (tertiary/aromatic N) is 3. The van der Waals surface area contributed by atoms with E-state index in [0.29, 0.717) is 59.6 Å². The molecular weight excluding hydrogens is 558 g/mol. The number of benzene rings is 1. The smallest absolute Gasteiger partial charge is 0.280 e. The minimum atomic E-state index is -3.50. The number of aromatic nitrogens is 2. The molecule has 14 heteroatoms. The number of oxime groups is 1. The maximum Gasteiger partial charge on any atom is 0.280 e. The molecule has 1 atom stereocenters. The molecule has 1 amide bonds. The van der Waals surface area contributed by atoms with E-state index in [9.17, 15) is 13.2 Å². The summed E-state index contributed by atoms with van der Waals surface area (Å²) in [5, 5.41) is 7.19. The summed E-state index contributed by atoms with van der Waals surface area (Å²) in [5.41, 5.74) is 6.40. The quantitative estimate of drug-likeness (QED) is 0.172. The standard InChI is InChI=1S/C26H33N5O7S2/c1-26(2,27)16-37-21-10-9-20-24(29-21)39-25(28-20)30-23(32)22(31-38-18-11-13-36-15-18)17-5-7-19(8-6-17)40(33,34)14-4-12-35-3/h5-10,18H,4,11-16,27H2,1-3H3,(H,28,30,32)/t18-/m1/s1. The molecule has 0 radical (unpaired) electrons. The van der Waals surface area contributed by atoms with Crippen LogP contribution in [0.3, 0.4) is 0 Å². The highest BCUT2D eigenvalue weighted by atomic mass is 32.2. The summed E-state index contributed by atoms with van der Waals surface area (Å²) in [6.45, 7) is 5.25. The van der Waals surface area contributed by atoms with Crippen LogP contribution in [0.5, 0.6) is 5.88 Å². The zero-order chi connectivity index (χ0) is 28.8. The Kier molecular flexibility index (Phi) is 9.68. The van der Waals surface area contributed by atoms with Crippen LogP contribution in [0.25, 0.3) is 10.3 Å². The molecular formula is C26H33N5O7S2. The first kappa shape index (κ1) is 29.8. The van der Waals surface area contributed by atoms with Crippen LogP contribution >= 0.6 is 11.3 Å². The van der Waals surface area contributed by atoms with E-state index in [4.69, 9.17) is 24.8 Å². The number of hydrogen-bond acceptors (Lipinski definition) is 12. The van der Waals surface area contributed by atoms with Gasteiger partial charge < -0.3 is 24.8 Å². The number of nitrogens with one attached hydrogen (secondary N) is 1. The van der Waals surface area contributed by atoms with Crippen molar-refractivity contribution < 1.29 is 32.3 Å². The van der Waals surface area contributed by atoms with Gasteiger partial charge >= 0.3 is 0 Å². The number of rotatable bonds is 13. The molecule has 1 aliphatic rings. The number of methoxy groups -OCH3 is 1. The second-order valence-electron chi connectivity index (χ2n) is 9.94. The highest BCUT2D eigenvalue weighted by Gasteiger charge is 2.23. The van der Waals surface area contributed by atoms with Gasteiger partial charge in [-0.1, -0.05) is 28.6 Å². The fourth-order valence-electron chi connectivity index (χ4n) is 3.63. The molecule has 0 spiro atoms. The van der Waals surface area contributed by atoms with Gasteiger partial charge in [-0.15, -0.1) is 0 Å². The number of carbonyl (C=O) groups is 1. The number of nitrogens with two attached hydrogens (primary N) is 1. The first-order chi connectivity index (χ1) is 19.0. The predicted octanol–water partition coefficient (Wildman–Crippen LogP) is 2.77. The fourth-order valence-corrected chi connectivity index (χ4v) is 5.74. The fraction of sp³-hybridized carbons (Fsp3) is 0.462. The van der Waals surface area contributed by atoms with Crippen molar-refractivity contribution in [2.24, 2.45) is 10.9 Å². The second kappa shape index (κ2) is 13.0. The molecule has 2 aromatic heterocycles. The summed E-state index contributed by atoms with van der Waals surface area (Å²) < 4.78 is 41.2. The van der Waals surface area contributed by atoms with Crippen LogP contribution in [0.15, 0.2) is 46.4 Å². The van der Waals surface area contributed by atoms with E-state index in [1.807, 2.05) is 13.8 Å². The lowest BCUT2D eigenvalue weighted by atomic mass is 10.1. The van der Waals surface area contributed by atoms with Crippen molar-refractivity contribution in [3.05, 3.63) is 42.0 Å². The Morgan fingerprint density at radius 2 is 2.00 bits per heavy atom. The predicted molar refractivity (Wildman–Crippen MR) is 152 cm³/mol. The molecule has 1 fully saturated rings. The molecule has 3 heterocycles. The number of fused-ring (bicyclic) bond motifs is 1. The van der Waals surface area contributed by atoms with Crippen molar-refractivity contribution in [2.45, 2.75) is 43.2 Å². The molecule has 0 bridgehead atoms. The van der Waals surface area contributed by atoms with Crippen molar-refractivity contribution in [1.29, 1.82) is 0 Å². The Labute approximate surface area is 236 Å². The zero-order valence-corrected chi connectivity index (χ0v) is 24.2. The molecule has 4 rings (SSSR count). The minimum absolute atomic E-state index is 0.0309. The second-order valence-corrected chi connectivity index (χ2v) is 13.0. The zero-order valence-electron chi connectivity index (χ0n) is 22.6. The van der Waals surface area contributed by atoms with E-state index in [0.717, 1.165) is 0 Å². The lowest BCUT2D eigenvalue weighted by molar-refractivity contribution is -0.110. The minimum Gasteiger partial charge on any atom is -0.476 e. The summed E-state index contributed by atoms with van der Waals surface area (Å²) >= 11 is 1.17. The van der Waals surface area contributed by atoms with E-state index in [2.05, 4.69) is 20.4 Å². The lowest BCUT2D eigenvalue weighted by Crippen LogP contribution is -2.38. The van der Waals surface area contributed by atoms with Gasteiger partial charge in [-0.2, -0.15) is 0 Å². The SMILES string of the molecule is COCCCS(=O)(=O)c1ccc(C(=NO[C@@H]2CCOC2)C(=O)Nc2nc3ccc(OCC(C)(C)N)nc3s2)cc1. The normalized spacial score (nSPS) is 16.3. The molecule has 0 unspecified atom stereocenters. The Balaban J connectivity index is 1.53. The number of hydrogen-bond donors (Lipinski definition) is 2. The van der Waals surface area contributed by atoms with Gasteiger partial charge in [0.2, 0.25) is 5.88 Å². The highest BCUT2D eigenvalue weighted by molar-refractivity contribution is 7.91. The summed E-state index contributed by atoms with van der Waals surface area (Å²) in [6.07, 6.45) is 0.737. The van der Waals surface area contributed by atoms with Crippen molar-refractivity contribution >= 4 is 48.3 Å². The summed E-state index contributed by atoms with van der Waals surface area (Å²) in [6, 6.07) is 9.39. The molecule has 0 aliphatic carbocycles. The number of thiazole rings is 1. The van der Waals surface area contributed by atoms with Crippen LogP contribution in [0.2, 0.25) is 0 Å². The van der Waals surface area contributed by atoms with Gasteiger partial charge in [0.15, 0.2) is 26.8 Å². The van der Waals surface area contributed by atoms with E-state index in [-0.39, 0.29) is 29.1 Å². The maximum atomic E-state index is 13.4. The number of amides is 1. The molecule has 216 valence electrons. The molecule has 0 saturated carbocycles. The van der Waals surface area contributed by atoms with Crippen molar-refractivity contribution in [3.63, 3.8) is 0 Å². The Hall–Kier alpha value is -3.17. The average molecular weight is 592 g/mol. The van der Waals surface area contributed by atoms with Crippen molar-refractivity contribution in [2.75, 3.05) is 44.6 Å².